The van der Waals surface area contributed by atoms with Crippen LogP contribution in [0.2, 0.25) is 0 Å². The molecule has 1 atom stereocenters. The number of sulfonamides is 1. The van der Waals surface area contributed by atoms with Crippen molar-refractivity contribution in [3.05, 3.63) is 53.6 Å². The van der Waals surface area contributed by atoms with E-state index in [2.05, 4.69) is 41.0 Å². The summed E-state index contributed by atoms with van der Waals surface area (Å²) in [5.74, 6) is 0. The lowest BCUT2D eigenvalue weighted by molar-refractivity contribution is 0.0730. The number of ether oxygens (including phenoxy) is 1. The number of benzene rings is 2. The molecule has 2 aromatic rings. The molecular weight excluding hydrogens is 386 g/mol. The number of hydrogen-bond donors (Lipinski definition) is 0. The third-order valence-electron chi connectivity index (χ3n) is 6.23. The van der Waals surface area contributed by atoms with E-state index in [1.165, 1.54) is 17.5 Å². The minimum atomic E-state index is -3.50. The van der Waals surface area contributed by atoms with Gasteiger partial charge in [0, 0.05) is 26.2 Å². The van der Waals surface area contributed by atoms with Crippen molar-refractivity contribution in [1.29, 1.82) is 0 Å². The summed E-state index contributed by atoms with van der Waals surface area (Å²) in [6.07, 6.45) is 2.58. The van der Waals surface area contributed by atoms with Gasteiger partial charge in [-0.05, 0) is 43.5 Å². The van der Waals surface area contributed by atoms with Crippen LogP contribution in [0.1, 0.15) is 24.0 Å². The number of aryl methyl sites for hydroxylation is 1. The molecule has 0 saturated carbocycles. The summed E-state index contributed by atoms with van der Waals surface area (Å²) in [7, 11) is -3.50. The summed E-state index contributed by atoms with van der Waals surface area (Å²) in [6, 6.07) is 14.3. The zero-order valence-electron chi connectivity index (χ0n) is 16.8. The molecule has 0 amide bonds. The molecule has 1 unspecified atom stereocenters. The number of nitrogens with zero attached hydrogens (tertiary/aromatic N) is 3. The molecule has 5 rings (SSSR count). The van der Waals surface area contributed by atoms with E-state index in [1.54, 1.807) is 10.4 Å². The first-order valence-corrected chi connectivity index (χ1v) is 11.8. The van der Waals surface area contributed by atoms with Gasteiger partial charge in [-0.1, -0.05) is 29.8 Å². The molecule has 154 valence electrons. The van der Waals surface area contributed by atoms with Crippen LogP contribution in [0.3, 0.4) is 0 Å². The Labute approximate surface area is 172 Å². The number of hydrogen-bond acceptors (Lipinski definition) is 5. The average Bonchev–Trinajstić information content (AvgIpc) is 3.32. The van der Waals surface area contributed by atoms with E-state index in [1.807, 2.05) is 12.1 Å². The lowest BCUT2D eigenvalue weighted by Crippen LogP contribution is -2.40. The SMILES string of the molecule is Cc1ccc(CN2c3cc(S(=O)(=O)N4CCOCC4)ccc3N3CCCC32)cc1. The topological polar surface area (TPSA) is 53.1 Å². The van der Waals surface area contributed by atoms with Gasteiger partial charge in [-0.15, -0.1) is 0 Å². The van der Waals surface area contributed by atoms with Crippen LogP contribution in [0.15, 0.2) is 47.4 Å². The monoisotopic (exact) mass is 413 g/mol. The Hall–Kier alpha value is -2.09. The predicted molar refractivity (Wildman–Crippen MR) is 114 cm³/mol. The van der Waals surface area contributed by atoms with Crippen molar-refractivity contribution in [3.8, 4) is 0 Å². The third kappa shape index (κ3) is 3.31. The highest BCUT2D eigenvalue weighted by molar-refractivity contribution is 7.89. The van der Waals surface area contributed by atoms with Gasteiger partial charge in [-0.3, -0.25) is 0 Å². The molecule has 0 radical (unpaired) electrons. The Balaban J connectivity index is 1.50. The van der Waals surface area contributed by atoms with E-state index in [-0.39, 0.29) is 0 Å². The summed E-state index contributed by atoms with van der Waals surface area (Å²) >= 11 is 0. The molecule has 2 fully saturated rings. The van der Waals surface area contributed by atoms with E-state index in [4.69, 9.17) is 4.74 Å². The van der Waals surface area contributed by atoms with Crippen molar-refractivity contribution >= 4 is 21.4 Å². The van der Waals surface area contributed by atoms with Crippen molar-refractivity contribution in [2.75, 3.05) is 42.6 Å². The molecular formula is C22H27N3O3S. The van der Waals surface area contributed by atoms with Gasteiger partial charge in [-0.2, -0.15) is 4.31 Å². The molecule has 3 aliphatic rings. The molecule has 2 saturated heterocycles. The van der Waals surface area contributed by atoms with E-state index >= 15 is 0 Å². The standard InChI is InChI=1S/C22H27N3O3S/c1-17-4-6-18(7-5-17)16-25-21-15-19(29(26,27)23-11-13-28-14-12-23)8-9-20(21)24-10-2-3-22(24)25/h4-9,15,22H,2-3,10-14,16H2,1H3. The minimum absolute atomic E-state index is 0.313. The van der Waals surface area contributed by atoms with Gasteiger partial charge >= 0.3 is 0 Å². The van der Waals surface area contributed by atoms with E-state index in [0.717, 1.165) is 30.9 Å². The molecule has 0 aliphatic carbocycles. The van der Waals surface area contributed by atoms with Crippen molar-refractivity contribution < 1.29 is 13.2 Å². The van der Waals surface area contributed by atoms with Crippen molar-refractivity contribution in [2.24, 2.45) is 0 Å². The Morgan fingerprint density at radius 1 is 1.00 bits per heavy atom. The highest BCUT2D eigenvalue weighted by atomic mass is 32.2. The summed E-state index contributed by atoms with van der Waals surface area (Å²) in [5, 5.41) is 0. The second-order valence-corrected chi connectivity index (χ2v) is 10.0. The number of rotatable bonds is 4. The zero-order chi connectivity index (χ0) is 20.0. The first-order chi connectivity index (χ1) is 14.0. The van der Waals surface area contributed by atoms with Gasteiger partial charge in [-0.25, -0.2) is 8.42 Å². The van der Waals surface area contributed by atoms with E-state index in [9.17, 15) is 8.42 Å². The Kier molecular flexibility index (Phi) is 4.76. The van der Waals surface area contributed by atoms with Gasteiger partial charge in [0.25, 0.3) is 0 Å². The van der Waals surface area contributed by atoms with Crippen molar-refractivity contribution in [2.45, 2.75) is 37.4 Å². The minimum Gasteiger partial charge on any atom is -0.379 e. The van der Waals surface area contributed by atoms with Crippen LogP contribution in [0, 0.1) is 6.92 Å². The molecule has 0 aromatic heterocycles. The normalized spacial score (nSPS) is 22.0. The van der Waals surface area contributed by atoms with Crippen LogP contribution in [0.4, 0.5) is 11.4 Å². The Morgan fingerprint density at radius 2 is 1.76 bits per heavy atom. The Morgan fingerprint density at radius 3 is 2.52 bits per heavy atom. The van der Waals surface area contributed by atoms with Crippen molar-refractivity contribution in [3.63, 3.8) is 0 Å². The molecule has 2 aromatic carbocycles. The zero-order valence-corrected chi connectivity index (χ0v) is 17.6. The van der Waals surface area contributed by atoms with Crippen LogP contribution in [0.5, 0.6) is 0 Å². The Bertz CT molecular complexity index is 1000. The first-order valence-electron chi connectivity index (χ1n) is 10.3. The average molecular weight is 414 g/mol. The van der Waals surface area contributed by atoms with Crippen LogP contribution in [-0.4, -0.2) is 51.7 Å². The molecule has 3 aliphatic heterocycles. The third-order valence-corrected chi connectivity index (χ3v) is 8.12. The lowest BCUT2D eigenvalue weighted by Gasteiger charge is -2.28. The number of fused-ring (bicyclic) bond motifs is 3. The molecule has 7 heteroatoms. The summed E-state index contributed by atoms with van der Waals surface area (Å²) in [6.45, 7) is 5.66. The molecule has 3 heterocycles. The van der Waals surface area contributed by atoms with Gasteiger partial charge in [0.15, 0.2) is 0 Å². The molecule has 6 nitrogen and oxygen atoms in total. The maximum Gasteiger partial charge on any atom is 0.243 e. The molecule has 0 spiro atoms. The fourth-order valence-corrected chi connectivity index (χ4v) is 6.10. The van der Waals surface area contributed by atoms with Crippen molar-refractivity contribution in [1.82, 2.24) is 4.31 Å². The molecule has 0 N–H and O–H groups in total. The largest absolute Gasteiger partial charge is 0.379 e. The second kappa shape index (κ2) is 7.31. The second-order valence-electron chi connectivity index (χ2n) is 8.10. The van der Waals surface area contributed by atoms with Gasteiger partial charge in [0.2, 0.25) is 10.0 Å². The molecule has 0 bridgehead atoms. The van der Waals surface area contributed by atoms with Gasteiger partial charge in [0.05, 0.1) is 29.5 Å². The van der Waals surface area contributed by atoms with Gasteiger partial charge in [0.1, 0.15) is 6.17 Å². The summed E-state index contributed by atoms with van der Waals surface area (Å²) < 4.78 is 33.2. The lowest BCUT2D eigenvalue weighted by atomic mass is 10.1. The fourth-order valence-electron chi connectivity index (χ4n) is 4.67. The summed E-state index contributed by atoms with van der Waals surface area (Å²) in [4.78, 5) is 5.19. The predicted octanol–water partition coefficient (Wildman–Crippen LogP) is 2.96. The first kappa shape index (κ1) is 18.9. The van der Waals surface area contributed by atoms with E-state index < -0.39 is 10.0 Å². The highest BCUT2D eigenvalue weighted by Gasteiger charge is 2.40. The number of morpholine rings is 1. The highest BCUT2D eigenvalue weighted by Crippen LogP contribution is 2.45. The van der Waals surface area contributed by atoms with Crippen LogP contribution in [0.25, 0.3) is 0 Å². The van der Waals surface area contributed by atoms with E-state index in [0.29, 0.717) is 37.4 Å². The van der Waals surface area contributed by atoms with Crippen LogP contribution < -0.4 is 9.80 Å². The number of anilines is 2. The fraction of sp³-hybridized carbons (Fsp3) is 0.455. The van der Waals surface area contributed by atoms with Gasteiger partial charge < -0.3 is 14.5 Å². The van der Waals surface area contributed by atoms with Crippen LogP contribution >= 0.6 is 0 Å². The summed E-state index contributed by atoms with van der Waals surface area (Å²) in [5.41, 5.74) is 4.68. The maximum atomic E-state index is 13.2. The quantitative estimate of drug-likeness (QED) is 0.771. The maximum absolute atomic E-state index is 13.2. The molecule has 29 heavy (non-hydrogen) atoms. The van der Waals surface area contributed by atoms with Crippen LogP contribution in [-0.2, 0) is 21.3 Å². The smallest absolute Gasteiger partial charge is 0.243 e.